The largest absolute Gasteiger partial charge is 0.450 e. The Kier molecular flexibility index (Phi) is 5.05. The Morgan fingerprint density at radius 3 is 2.68 bits per heavy atom. The molecular formula is C29H34N2O6. The van der Waals surface area contributed by atoms with E-state index >= 15 is 0 Å². The Morgan fingerprint density at radius 2 is 1.97 bits per heavy atom. The monoisotopic (exact) mass is 506 g/mol. The van der Waals surface area contributed by atoms with E-state index in [1.165, 1.54) is 4.68 Å². The molecule has 8 atom stereocenters. The maximum Gasteiger partial charge on any atom is 0.357 e. The summed E-state index contributed by atoms with van der Waals surface area (Å²) in [6.45, 7) is 7.45. The summed E-state index contributed by atoms with van der Waals surface area (Å²) in [4.78, 5) is 28.0. The van der Waals surface area contributed by atoms with E-state index in [0.717, 1.165) is 0 Å². The molecule has 2 saturated carbocycles. The van der Waals surface area contributed by atoms with Crippen LogP contribution in [0.15, 0.2) is 47.6 Å². The summed E-state index contributed by atoms with van der Waals surface area (Å²) in [7, 11) is 1.65. The highest BCUT2D eigenvalue weighted by Crippen LogP contribution is 2.71. The molecule has 37 heavy (non-hydrogen) atoms. The van der Waals surface area contributed by atoms with Crippen molar-refractivity contribution in [3.63, 3.8) is 0 Å². The number of ether oxygens (including phenoxy) is 1. The molecular weight excluding hydrogens is 472 g/mol. The van der Waals surface area contributed by atoms with Gasteiger partial charge in [0.05, 0.1) is 17.5 Å². The van der Waals surface area contributed by atoms with Gasteiger partial charge in [-0.25, -0.2) is 4.79 Å². The minimum Gasteiger partial charge on any atom is -0.450 e. The molecule has 2 aromatic rings. The van der Waals surface area contributed by atoms with Crippen LogP contribution in [0, 0.1) is 34.5 Å². The summed E-state index contributed by atoms with van der Waals surface area (Å²) in [6.07, 6.45) is 1.23. The lowest BCUT2D eigenvalue weighted by molar-refractivity contribution is -0.190. The molecule has 1 aromatic heterocycles. The van der Waals surface area contributed by atoms with Crippen molar-refractivity contribution in [3.8, 4) is 0 Å². The van der Waals surface area contributed by atoms with Crippen LogP contribution in [0.4, 0.5) is 0 Å². The van der Waals surface area contributed by atoms with Gasteiger partial charge in [-0.05, 0) is 53.7 Å². The molecule has 2 bridgehead atoms. The number of aryl methyl sites for hydroxylation is 1. The van der Waals surface area contributed by atoms with Crippen LogP contribution < -0.4 is 0 Å². The van der Waals surface area contributed by atoms with Gasteiger partial charge in [-0.2, -0.15) is 5.10 Å². The molecule has 8 nitrogen and oxygen atoms in total. The van der Waals surface area contributed by atoms with E-state index in [0.29, 0.717) is 22.9 Å². The molecule has 2 fully saturated rings. The number of ketones is 1. The first kappa shape index (κ1) is 24.5. The highest BCUT2D eigenvalue weighted by Gasteiger charge is 2.76. The van der Waals surface area contributed by atoms with E-state index in [2.05, 4.69) is 18.9 Å². The molecule has 8 heteroatoms. The van der Waals surface area contributed by atoms with Crippen LogP contribution >= 0.6 is 0 Å². The van der Waals surface area contributed by atoms with Gasteiger partial charge < -0.3 is 20.1 Å². The first-order chi connectivity index (χ1) is 17.4. The maximum atomic E-state index is 14.4. The Balaban J connectivity index is 1.48. The van der Waals surface area contributed by atoms with Crippen molar-refractivity contribution in [2.45, 2.75) is 51.9 Å². The summed E-state index contributed by atoms with van der Waals surface area (Å²) in [5.74, 6) is -1.40. The molecule has 0 saturated heterocycles. The molecule has 4 aliphatic rings. The molecule has 0 radical (unpaired) electrons. The van der Waals surface area contributed by atoms with Gasteiger partial charge in [-0.3, -0.25) is 9.48 Å². The Labute approximate surface area is 215 Å². The smallest absolute Gasteiger partial charge is 0.357 e. The standard InChI is InChI=1S/C29H34N2O6/c1-14-12-28-15(2)10-19-21(27(19,3)4)18(24(28)34)11-16(13-32)23(33)29(28,36)25(14)37-26(35)22-17-8-6-7-9-20(17)30-31(22)5/h6-9,11-12,15,18-19,21,23,25,32-33,36H,10,13H2,1-5H3/t15?,18-,19+,21-,23+,25-,28?,29-/m0/s1. The Morgan fingerprint density at radius 1 is 1.27 bits per heavy atom. The van der Waals surface area contributed by atoms with E-state index in [-0.39, 0.29) is 40.2 Å². The Bertz CT molecular complexity index is 1400. The van der Waals surface area contributed by atoms with Crippen LogP contribution in [0.2, 0.25) is 0 Å². The first-order valence-electron chi connectivity index (χ1n) is 13.0. The van der Waals surface area contributed by atoms with Crippen molar-refractivity contribution in [2.24, 2.45) is 41.5 Å². The minimum atomic E-state index is -2.16. The van der Waals surface area contributed by atoms with Gasteiger partial charge in [-0.15, -0.1) is 0 Å². The summed E-state index contributed by atoms with van der Waals surface area (Å²) in [5, 5.41) is 39.4. The number of rotatable bonds is 3. The number of carbonyl (C=O) groups excluding carboxylic acids is 2. The van der Waals surface area contributed by atoms with Crippen molar-refractivity contribution in [2.75, 3.05) is 6.61 Å². The van der Waals surface area contributed by atoms with E-state index in [1.807, 2.05) is 13.0 Å². The average Bonchev–Trinajstić information content (AvgIpc) is 3.14. The van der Waals surface area contributed by atoms with Crippen LogP contribution in [0.5, 0.6) is 0 Å². The highest BCUT2D eigenvalue weighted by atomic mass is 16.6. The van der Waals surface area contributed by atoms with E-state index in [1.54, 1.807) is 44.3 Å². The zero-order valence-corrected chi connectivity index (χ0v) is 21.8. The molecule has 4 aliphatic carbocycles. The van der Waals surface area contributed by atoms with Gasteiger partial charge in [-0.1, -0.05) is 51.1 Å². The fourth-order valence-corrected chi connectivity index (χ4v) is 8.15. The number of aliphatic hydroxyl groups is 3. The molecule has 0 amide bonds. The van der Waals surface area contributed by atoms with Crippen molar-refractivity contribution in [3.05, 3.63) is 53.3 Å². The fraction of sp³-hybridized carbons (Fsp3) is 0.552. The number of aliphatic hydroxyl groups excluding tert-OH is 2. The lowest BCUT2D eigenvalue weighted by Gasteiger charge is -2.48. The maximum absolute atomic E-state index is 14.4. The van der Waals surface area contributed by atoms with E-state index in [9.17, 15) is 24.9 Å². The van der Waals surface area contributed by atoms with Crippen LogP contribution in [0.25, 0.3) is 10.9 Å². The fourth-order valence-electron chi connectivity index (χ4n) is 8.15. The van der Waals surface area contributed by atoms with Gasteiger partial charge in [0.25, 0.3) is 0 Å². The van der Waals surface area contributed by atoms with Gasteiger partial charge >= 0.3 is 5.97 Å². The molecule has 0 aliphatic heterocycles. The predicted octanol–water partition coefficient (Wildman–Crippen LogP) is 2.57. The number of fused-ring (bicyclic) bond motifs is 4. The first-order valence-corrected chi connectivity index (χ1v) is 13.0. The molecule has 196 valence electrons. The summed E-state index contributed by atoms with van der Waals surface area (Å²) >= 11 is 0. The number of nitrogens with zero attached hydrogens (tertiary/aromatic N) is 2. The van der Waals surface area contributed by atoms with E-state index < -0.39 is 41.7 Å². The number of benzene rings is 1. The number of allylic oxidation sites excluding steroid dienone is 1. The molecule has 1 spiro atoms. The number of Topliss-reactive ketones (excluding diaryl/α,β-unsaturated/α-hetero) is 1. The third-order valence-corrected chi connectivity index (χ3v) is 10.1. The average molecular weight is 507 g/mol. The van der Waals surface area contributed by atoms with Gasteiger partial charge in [0.2, 0.25) is 0 Å². The van der Waals surface area contributed by atoms with E-state index in [4.69, 9.17) is 4.74 Å². The number of esters is 1. The molecule has 2 unspecified atom stereocenters. The number of carbonyl (C=O) groups is 2. The number of hydrogen-bond donors (Lipinski definition) is 3. The molecule has 3 N–H and O–H groups in total. The normalized spacial score (nSPS) is 39.7. The third kappa shape index (κ3) is 2.86. The number of aromatic nitrogens is 2. The van der Waals surface area contributed by atoms with Crippen molar-refractivity contribution in [1.29, 1.82) is 0 Å². The lowest BCUT2D eigenvalue weighted by Crippen LogP contribution is -2.65. The van der Waals surface area contributed by atoms with Gasteiger partial charge in [0, 0.05) is 18.4 Å². The van der Waals surface area contributed by atoms with Crippen LogP contribution in [0.3, 0.4) is 0 Å². The predicted molar refractivity (Wildman–Crippen MR) is 135 cm³/mol. The van der Waals surface area contributed by atoms with Crippen molar-refractivity contribution >= 4 is 22.7 Å². The molecule has 1 heterocycles. The minimum absolute atomic E-state index is 0.0511. The van der Waals surface area contributed by atoms with Crippen LogP contribution in [0.1, 0.15) is 44.6 Å². The topological polar surface area (TPSA) is 122 Å². The second kappa shape index (κ2) is 7.62. The second-order valence-corrected chi connectivity index (χ2v) is 12.1. The summed E-state index contributed by atoms with van der Waals surface area (Å²) in [5.41, 5.74) is -2.13. The highest BCUT2D eigenvalue weighted by molar-refractivity contribution is 6.02. The summed E-state index contributed by atoms with van der Waals surface area (Å²) in [6, 6.07) is 7.19. The van der Waals surface area contributed by atoms with Crippen LogP contribution in [-0.4, -0.2) is 61.3 Å². The SMILES string of the molecule is CC1=CC23C(=O)[C@@H](C=C(CO)[C@@H](O)[C@]2(O)[C@H]1OC(=O)c1c2ccccc2nn1C)[C@H]1[C@@H](CC3C)C1(C)C. The second-order valence-electron chi connectivity index (χ2n) is 12.1. The van der Waals surface area contributed by atoms with Crippen molar-refractivity contribution in [1.82, 2.24) is 9.78 Å². The number of hydrogen-bond acceptors (Lipinski definition) is 7. The Hall–Kier alpha value is -2.81. The zero-order chi connectivity index (χ0) is 26.7. The van der Waals surface area contributed by atoms with Gasteiger partial charge in [0.15, 0.2) is 23.2 Å². The summed E-state index contributed by atoms with van der Waals surface area (Å²) < 4.78 is 7.45. The molecule has 1 aromatic carbocycles. The van der Waals surface area contributed by atoms with Crippen molar-refractivity contribution < 1.29 is 29.6 Å². The quantitative estimate of drug-likeness (QED) is 0.432. The van der Waals surface area contributed by atoms with Gasteiger partial charge in [0.1, 0.15) is 6.10 Å². The molecule has 6 rings (SSSR count). The third-order valence-electron chi connectivity index (χ3n) is 10.1. The zero-order valence-electron chi connectivity index (χ0n) is 21.8. The lowest BCUT2D eigenvalue weighted by atomic mass is 9.59. The van der Waals surface area contributed by atoms with Crippen LogP contribution in [-0.2, 0) is 16.6 Å².